The number of nitrogens with zero attached hydrogens (tertiary/aromatic N) is 3. The van der Waals surface area contributed by atoms with Gasteiger partial charge in [0.25, 0.3) is 0 Å². The number of aromatic nitrogens is 3. The fraction of sp³-hybridized carbons (Fsp3) is 0.235. The van der Waals surface area contributed by atoms with Crippen molar-refractivity contribution in [3.63, 3.8) is 0 Å². The van der Waals surface area contributed by atoms with Crippen LogP contribution in [0, 0.1) is 0 Å². The Morgan fingerprint density at radius 2 is 1.86 bits per heavy atom. The van der Waals surface area contributed by atoms with Crippen LogP contribution in [0.3, 0.4) is 0 Å². The monoisotopic (exact) mass is 357 g/mol. The first-order valence-electron chi connectivity index (χ1n) is 7.00. The normalized spacial score (nSPS) is 11.8. The minimum absolute atomic E-state index is 0.0974. The van der Waals surface area contributed by atoms with Crippen molar-refractivity contribution >= 4 is 27.9 Å². The van der Waals surface area contributed by atoms with Crippen LogP contribution >= 0.6 is 15.9 Å². The van der Waals surface area contributed by atoms with E-state index in [1.165, 1.54) is 0 Å². The van der Waals surface area contributed by atoms with E-state index in [1.807, 2.05) is 24.3 Å². The number of carbonyl (C=O) groups is 1. The average Bonchev–Trinajstić information content (AvgIpc) is 2.88. The number of carbonyl (C=O) groups excluding carboxylic acids is 1. The Hall–Kier alpha value is -2.01. The fourth-order valence-electron chi connectivity index (χ4n) is 2.37. The number of hydrogen-bond acceptors (Lipinski definition) is 3. The summed E-state index contributed by atoms with van der Waals surface area (Å²) in [6, 6.07) is 10.1. The van der Waals surface area contributed by atoms with Crippen LogP contribution in [0.15, 0.2) is 41.0 Å². The third kappa shape index (κ3) is 2.68. The van der Waals surface area contributed by atoms with Gasteiger partial charge < -0.3 is 0 Å². The summed E-state index contributed by atoms with van der Waals surface area (Å²) >= 11 is 3.44. The minimum atomic E-state index is -0.0974. The standard InChI is InChI=1S/C17H16BrN3O/c1-17(2,3)14-8-15(11-4-6-12(18)7-5-11)20-21-9-13(10-22)19-16(14)21/h4-10H,1-3H3. The Kier molecular flexibility index (Phi) is 3.60. The maximum absolute atomic E-state index is 11.0. The zero-order chi connectivity index (χ0) is 15.9. The van der Waals surface area contributed by atoms with Crippen LogP contribution in [-0.4, -0.2) is 20.9 Å². The molecule has 0 aliphatic heterocycles. The van der Waals surface area contributed by atoms with E-state index in [0.29, 0.717) is 5.69 Å². The molecule has 0 aliphatic carbocycles. The summed E-state index contributed by atoms with van der Waals surface area (Å²) in [6.45, 7) is 6.38. The van der Waals surface area contributed by atoms with E-state index in [1.54, 1.807) is 10.7 Å². The first-order valence-corrected chi connectivity index (χ1v) is 7.80. The highest BCUT2D eigenvalue weighted by Gasteiger charge is 2.21. The van der Waals surface area contributed by atoms with E-state index in [4.69, 9.17) is 0 Å². The van der Waals surface area contributed by atoms with Crippen LogP contribution in [-0.2, 0) is 5.41 Å². The molecule has 0 saturated heterocycles. The van der Waals surface area contributed by atoms with Crippen molar-refractivity contribution in [1.29, 1.82) is 0 Å². The molecule has 0 atom stereocenters. The van der Waals surface area contributed by atoms with Gasteiger partial charge in [0.2, 0.25) is 0 Å². The highest BCUT2D eigenvalue weighted by atomic mass is 79.9. The molecule has 4 nitrogen and oxygen atoms in total. The van der Waals surface area contributed by atoms with Crippen LogP contribution in [0.25, 0.3) is 16.9 Å². The second-order valence-electron chi connectivity index (χ2n) is 6.25. The molecule has 1 aromatic carbocycles. The summed E-state index contributed by atoms with van der Waals surface area (Å²) in [5.41, 5.74) is 3.98. The van der Waals surface area contributed by atoms with Crippen molar-refractivity contribution in [3.8, 4) is 11.3 Å². The summed E-state index contributed by atoms with van der Waals surface area (Å²) in [5, 5.41) is 4.60. The van der Waals surface area contributed by atoms with Crippen molar-refractivity contribution in [1.82, 2.24) is 14.6 Å². The predicted octanol–water partition coefficient (Wildman–Crippen LogP) is 4.27. The molecule has 0 spiro atoms. The third-order valence-electron chi connectivity index (χ3n) is 3.51. The quantitative estimate of drug-likeness (QED) is 0.643. The Balaban J connectivity index is 2.28. The molecule has 3 rings (SSSR count). The first-order chi connectivity index (χ1) is 10.4. The molecule has 5 heteroatoms. The van der Waals surface area contributed by atoms with Gasteiger partial charge in [-0.2, -0.15) is 5.10 Å². The van der Waals surface area contributed by atoms with Crippen molar-refractivity contribution in [3.05, 3.63) is 52.3 Å². The van der Waals surface area contributed by atoms with E-state index in [0.717, 1.165) is 33.2 Å². The number of rotatable bonds is 2. The molecule has 0 aliphatic rings. The Labute approximate surface area is 137 Å². The van der Waals surface area contributed by atoms with Gasteiger partial charge in [-0.25, -0.2) is 9.50 Å². The lowest BCUT2D eigenvalue weighted by atomic mass is 9.87. The predicted molar refractivity (Wildman–Crippen MR) is 90.2 cm³/mol. The average molecular weight is 358 g/mol. The maximum atomic E-state index is 11.0. The SMILES string of the molecule is CC(C)(C)c1cc(-c2ccc(Br)cc2)nn2cc(C=O)nc12. The van der Waals surface area contributed by atoms with Gasteiger partial charge in [-0.05, 0) is 23.6 Å². The number of fused-ring (bicyclic) bond motifs is 1. The maximum Gasteiger partial charge on any atom is 0.170 e. The molecule has 0 saturated carbocycles. The molecule has 2 heterocycles. The van der Waals surface area contributed by atoms with E-state index >= 15 is 0 Å². The van der Waals surface area contributed by atoms with Crippen LogP contribution in [0.4, 0.5) is 0 Å². The molecule has 3 aromatic rings. The summed E-state index contributed by atoms with van der Waals surface area (Å²) < 4.78 is 2.72. The van der Waals surface area contributed by atoms with E-state index in [9.17, 15) is 4.79 Å². The van der Waals surface area contributed by atoms with Gasteiger partial charge in [0.15, 0.2) is 11.9 Å². The molecule has 2 aromatic heterocycles. The van der Waals surface area contributed by atoms with E-state index < -0.39 is 0 Å². The Bertz CT molecular complexity index is 845. The Morgan fingerprint density at radius 3 is 2.45 bits per heavy atom. The second-order valence-corrected chi connectivity index (χ2v) is 7.17. The summed E-state index contributed by atoms with van der Waals surface area (Å²) in [5.74, 6) is 0. The lowest BCUT2D eigenvalue weighted by molar-refractivity contribution is 0.111. The molecule has 0 fully saturated rings. The second kappa shape index (κ2) is 5.32. The molecule has 0 N–H and O–H groups in total. The molecule has 22 heavy (non-hydrogen) atoms. The van der Waals surface area contributed by atoms with Crippen molar-refractivity contribution in [2.24, 2.45) is 0 Å². The molecule has 0 radical (unpaired) electrons. The number of imidazole rings is 1. The number of hydrogen-bond donors (Lipinski definition) is 0. The molecular weight excluding hydrogens is 342 g/mol. The number of benzene rings is 1. The molecule has 0 amide bonds. The zero-order valence-electron chi connectivity index (χ0n) is 12.7. The van der Waals surface area contributed by atoms with Crippen molar-refractivity contribution < 1.29 is 4.79 Å². The zero-order valence-corrected chi connectivity index (χ0v) is 14.3. The summed E-state index contributed by atoms with van der Waals surface area (Å²) in [4.78, 5) is 15.4. The summed E-state index contributed by atoms with van der Waals surface area (Å²) in [6.07, 6.45) is 2.42. The van der Waals surface area contributed by atoms with Gasteiger partial charge >= 0.3 is 0 Å². The lowest BCUT2D eigenvalue weighted by Gasteiger charge is -2.20. The smallest absolute Gasteiger partial charge is 0.170 e. The third-order valence-corrected chi connectivity index (χ3v) is 4.04. The highest BCUT2D eigenvalue weighted by molar-refractivity contribution is 9.10. The van der Waals surface area contributed by atoms with Crippen LogP contribution < -0.4 is 0 Å². The van der Waals surface area contributed by atoms with Crippen LogP contribution in [0.1, 0.15) is 36.8 Å². The molecule has 112 valence electrons. The number of halogens is 1. The highest BCUT2D eigenvalue weighted by Crippen LogP contribution is 2.30. The minimum Gasteiger partial charge on any atom is -0.296 e. The van der Waals surface area contributed by atoms with E-state index in [-0.39, 0.29) is 5.41 Å². The topological polar surface area (TPSA) is 47.3 Å². The van der Waals surface area contributed by atoms with Crippen molar-refractivity contribution in [2.75, 3.05) is 0 Å². The van der Waals surface area contributed by atoms with Gasteiger partial charge in [0.1, 0.15) is 5.69 Å². The summed E-state index contributed by atoms with van der Waals surface area (Å²) in [7, 11) is 0. The van der Waals surface area contributed by atoms with E-state index in [2.05, 4.69) is 52.9 Å². The van der Waals surface area contributed by atoms with Gasteiger partial charge in [0.05, 0.1) is 11.9 Å². The Morgan fingerprint density at radius 1 is 1.18 bits per heavy atom. The van der Waals surface area contributed by atoms with Gasteiger partial charge in [-0.15, -0.1) is 0 Å². The van der Waals surface area contributed by atoms with Crippen LogP contribution in [0.5, 0.6) is 0 Å². The number of aldehydes is 1. The van der Waals surface area contributed by atoms with Gasteiger partial charge in [0, 0.05) is 15.6 Å². The molecular formula is C17H16BrN3O. The van der Waals surface area contributed by atoms with Crippen molar-refractivity contribution in [2.45, 2.75) is 26.2 Å². The van der Waals surface area contributed by atoms with Gasteiger partial charge in [-0.1, -0.05) is 48.8 Å². The molecule has 0 bridgehead atoms. The molecule has 0 unspecified atom stereocenters. The lowest BCUT2D eigenvalue weighted by Crippen LogP contribution is -2.14. The fourth-order valence-corrected chi connectivity index (χ4v) is 2.63. The largest absolute Gasteiger partial charge is 0.296 e. The van der Waals surface area contributed by atoms with Gasteiger partial charge in [-0.3, -0.25) is 4.79 Å². The first kappa shape index (κ1) is 14.9. The van der Waals surface area contributed by atoms with Crippen LogP contribution in [0.2, 0.25) is 0 Å².